The van der Waals surface area contributed by atoms with Gasteiger partial charge in [-0.25, -0.2) is 0 Å². The summed E-state index contributed by atoms with van der Waals surface area (Å²) >= 11 is -3.12. The zero-order valence-electron chi connectivity index (χ0n) is 5.36. The van der Waals surface area contributed by atoms with Gasteiger partial charge in [-0.3, -0.25) is 4.21 Å². The van der Waals surface area contributed by atoms with Crippen LogP contribution in [0.15, 0.2) is 0 Å². The highest BCUT2D eigenvalue weighted by molar-refractivity contribution is 7.80. The molecule has 0 aliphatic carbocycles. The lowest BCUT2D eigenvalue weighted by Gasteiger charge is -2.29. The normalized spacial score (nSPS) is 17.0. The molecule has 10 heavy (non-hydrogen) atoms. The number of halogens is 3. The van der Waals surface area contributed by atoms with Crippen LogP contribution in [0.2, 0.25) is 0 Å². The second-order valence-corrected chi connectivity index (χ2v) is 3.73. The van der Waals surface area contributed by atoms with E-state index < -0.39 is 22.0 Å². The zero-order chi connectivity index (χ0) is 8.58. The van der Waals surface area contributed by atoms with Crippen LogP contribution < -0.4 is 0 Å². The van der Waals surface area contributed by atoms with Gasteiger partial charge in [0.15, 0.2) is 0 Å². The molecule has 0 fully saturated rings. The van der Waals surface area contributed by atoms with Gasteiger partial charge in [0.25, 0.3) is 0 Å². The minimum absolute atomic E-state index is 0.607. The summed E-state index contributed by atoms with van der Waals surface area (Å²) in [6.07, 6.45) is -4.69. The number of hydrogen-bond donors (Lipinski definition) is 0. The smallest absolute Gasteiger partial charge is 0.404 e. The average Bonchev–Trinajstić information content (AvgIpc) is 1.62. The molecule has 1 atom stereocenters. The van der Waals surface area contributed by atoms with Crippen LogP contribution in [-0.4, -0.2) is 19.7 Å². The summed E-state index contributed by atoms with van der Waals surface area (Å²) in [5.41, 5.74) is 0. The highest BCUT2D eigenvalue weighted by Crippen LogP contribution is 2.33. The molecule has 0 rings (SSSR count). The molecule has 0 saturated carbocycles. The van der Waals surface area contributed by atoms with E-state index in [-0.39, 0.29) is 0 Å². The molecular formula is C4H6F3O2S-. The maximum Gasteiger partial charge on any atom is 0.404 e. The van der Waals surface area contributed by atoms with Gasteiger partial charge >= 0.3 is 6.18 Å². The van der Waals surface area contributed by atoms with Crippen LogP contribution in [0.5, 0.6) is 0 Å². The van der Waals surface area contributed by atoms with Gasteiger partial charge in [0, 0.05) is 0 Å². The van der Waals surface area contributed by atoms with Crippen LogP contribution in [-0.2, 0) is 11.1 Å². The lowest BCUT2D eigenvalue weighted by atomic mass is 10.2. The van der Waals surface area contributed by atoms with Gasteiger partial charge in [0.2, 0.25) is 0 Å². The third kappa shape index (κ3) is 1.69. The van der Waals surface area contributed by atoms with Crippen molar-refractivity contribution in [2.75, 3.05) is 0 Å². The van der Waals surface area contributed by atoms with Crippen molar-refractivity contribution >= 4 is 11.1 Å². The van der Waals surface area contributed by atoms with E-state index in [2.05, 4.69) is 0 Å². The molecule has 6 heteroatoms. The van der Waals surface area contributed by atoms with E-state index in [1.165, 1.54) is 0 Å². The molecule has 0 aliphatic heterocycles. The van der Waals surface area contributed by atoms with Gasteiger partial charge in [0.1, 0.15) is 4.75 Å². The quantitative estimate of drug-likeness (QED) is 0.562. The Morgan fingerprint density at radius 2 is 1.60 bits per heavy atom. The first kappa shape index (κ1) is 9.90. The van der Waals surface area contributed by atoms with Crippen molar-refractivity contribution < 1.29 is 21.9 Å². The predicted octanol–water partition coefficient (Wildman–Crippen LogP) is 1.21. The Kier molecular flexibility index (Phi) is 2.48. The lowest BCUT2D eigenvalue weighted by Crippen LogP contribution is -2.42. The predicted molar refractivity (Wildman–Crippen MR) is 29.1 cm³/mol. The minimum Gasteiger partial charge on any atom is -0.772 e. The molecule has 0 aromatic heterocycles. The topological polar surface area (TPSA) is 40.1 Å². The minimum atomic E-state index is -4.69. The second kappa shape index (κ2) is 2.50. The molecule has 2 nitrogen and oxygen atoms in total. The second-order valence-electron chi connectivity index (χ2n) is 2.24. The molecule has 0 heterocycles. The van der Waals surface area contributed by atoms with Gasteiger partial charge in [-0.2, -0.15) is 13.2 Å². The van der Waals surface area contributed by atoms with E-state index >= 15 is 0 Å². The molecule has 0 saturated heterocycles. The maximum atomic E-state index is 11.7. The first-order valence-corrected chi connectivity index (χ1v) is 3.43. The van der Waals surface area contributed by atoms with Crippen molar-refractivity contribution in [3.63, 3.8) is 0 Å². The number of hydrogen-bond acceptors (Lipinski definition) is 2. The molecule has 0 aromatic rings. The van der Waals surface area contributed by atoms with Gasteiger partial charge in [-0.15, -0.1) is 0 Å². The first-order valence-electron chi connectivity index (χ1n) is 2.35. The third-order valence-corrected chi connectivity index (χ3v) is 2.16. The van der Waals surface area contributed by atoms with Crippen molar-refractivity contribution in [3.8, 4) is 0 Å². The summed E-state index contributed by atoms with van der Waals surface area (Å²) in [5, 5.41) is 0. The van der Waals surface area contributed by atoms with E-state index in [1.54, 1.807) is 0 Å². The van der Waals surface area contributed by atoms with Crippen molar-refractivity contribution in [3.05, 3.63) is 0 Å². The molecule has 62 valence electrons. The maximum absolute atomic E-state index is 11.7. The fourth-order valence-corrected chi connectivity index (χ4v) is 0.283. The Hall–Kier alpha value is -0.100. The fourth-order valence-electron chi connectivity index (χ4n) is 0.0945. The van der Waals surface area contributed by atoms with Gasteiger partial charge < -0.3 is 4.55 Å². The molecule has 0 bridgehead atoms. The summed E-state index contributed by atoms with van der Waals surface area (Å²) in [6, 6.07) is 0. The largest absolute Gasteiger partial charge is 0.772 e. The van der Waals surface area contributed by atoms with E-state index in [1.807, 2.05) is 0 Å². The summed E-state index contributed by atoms with van der Waals surface area (Å²) in [5.74, 6) is 0. The van der Waals surface area contributed by atoms with Crippen LogP contribution in [0, 0.1) is 0 Å². The molecule has 1 unspecified atom stereocenters. The Morgan fingerprint density at radius 3 is 1.60 bits per heavy atom. The third-order valence-electron chi connectivity index (χ3n) is 1.10. The fraction of sp³-hybridized carbons (Fsp3) is 1.00. The van der Waals surface area contributed by atoms with Crippen molar-refractivity contribution in [2.45, 2.75) is 24.8 Å². The molecular weight excluding hydrogens is 169 g/mol. The molecule has 0 N–H and O–H groups in total. The van der Waals surface area contributed by atoms with E-state index in [9.17, 15) is 21.9 Å². The highest BCUT2D eigenvalue weighted by Gasteiger charge is 2.48. The van der Waals surface area contributed by atoms with Crippen LogP contribution in [0.1, 0.15) is 13.8 Å². The monoisotopic (exact) mass is 175 g/mol. The standard InChI is InChI=1S/C4H7F3O2S/c1-3(2,10(8)9)4(5,6)7/h1-2H3,(H,8,9)/p-1. The van der Waals surface area contributed by atoms with Crippen molar-refractivity contribution in [2.24, 2.45) is 0 Å². The van der Waals surface area contributed by atoms with Crippen molar-refractivity contribution in [1.82, 2.24) is 0 Å². The first-order chi connectivity index (χ1) is 4.19. The molecule has 0 aromatic carbocycles. The summed E-state index contributed by atoms with van der Waals surface area (Å²) < 4.78 is 52.3. The highest BCUT2D eigenvalue weighted by atomic mass is 32.2. The van der Waals surface area contributed by atoms with Crippen LogP contribution in [0.3, 0.4) is 0 Å². The summed E-state index contributed by atoms with van der Waals surface area (Å²) in [7, 11) is 0. The van der Waals surface area contributed by atoms with Crippen LogP contribution >= 0.6 is 0 Å². The Bertz CT molecular complexity index is 151. The van der Waals surface area contributed by atoms with E-state index in [4.69, 9.17) is 0 Å². The SMILES string of the molecule is CC(C)(S(=O)[O-])C(F)(F)F. The van der Waals surface area contributed by atoms with Crippen LogP contribution in [0.4, 0.5) is 13.2 Å². The number of alkyl halides is 3. The van der Waals surface area contributed by atoms with Gasteiger partial charge in [-0.1, -0.05) is 0 Å². The average molecular weight is 175 g/mol. The van der Waals surface area contributed by atoms with Gasteiger partial charge in [0.05, 0.1) is 0 Å². The molecule has 0 radical (unpaired) electrons. The van der Waals surface area contributed by atoms with E-state index in [0.717, 1.165) is 0 Å². The Morgan fingerprint density at radius 1 is 1.30 bits per heavy atom. The molecule has 0 aliphatic rings. The zero-order valence-corrected chi connectivity index (χ0v) is 6.18. The van der Waals surface area contributed by atoms with Crippen molar-refractivity contribution in [1.29, 1.82) is 0 Å². The van der Waals surface area contributed by atoms with Crippen LogP contribution in [0.25, 0.3) is 0 Å². The Labute approximate surface area is 58.7 Å². The summed E-state index contributed by atoms with van der Waals surface area (Å²) in [6.45, 7) is 1.21. The Balaban J connectivity index is 4.57. The molecule has 0 amide bonds. The lowest BCUT2D eigenvalue weighted by molar-refractivity contribution is -0.153. The molecule has 0 spiro atoms. The van der Waals surface area contributed by atoms with Gasteiger partial charge in [-0.05, 0) is 24.9 Å². The van der Waals surface area contributed by atoms with E-state index in [0.29, 0.717) is 13.8 Å². The number of rotatable bonds is 1. The summed E-state index contributed by atoms with van der Waals surface area (Å²) in [4.78, 5) is 0.